The number of nitrogens with one attached hydrogen (secondary N) is 2. The zero-order valence-corrected chi connectivity index (χ0v) is 21.6. The number of aromatic nitrogens is 1. The van der Waals surface area contributed by atoms with Gasteiger partial charge in [0.15, 0.2) is 17.5 Å². The number of aryl methyl sites for hydroxylation is 1. The number of hydrogen-bond acceptors (Lipinski definition) is 12. The topological polar surface area (TPSA) is 233 Å². The van der Waals surface area contributed by atoms with Crippen LogP contribution >= 0.6 is 11.3 Å². The van der Waals surface area contributed by atoms with Crippen molar-refractivity contribution in [1.29, 1.82) is 5.41 Å². The standard InChI is InChI=1S/C20H25N7O8S2/c1-10-8-11(4-5-12(10)16(21)22)33-6-7-34-26-14(13-9-36-19(23)24-13)17(28)25-15-18(29)27(20(15,2)3)35-37(30,31)32/h4-5,8-9,15H,6-7H2,1-3H3,(H3,21,22)(H2,23,24)(H,25,28)(H,30,31,32)/b26-14-/t15-/m1/s1. The molecule has 37 heavy (non-hydrogen) atoms. The summed E-state index contributed by atoms with van der Waals surface area (Å²) in [6.07, 6.45) is 0. The number of nitrogen functional groups attached to an aromatic ring is 2. The third kappa shape index (κ3) is 6.50. The molecular formula is C20H25N7O8S2. The molecule has 1 aromatic carbocycles. The van der Waals surface area contributed by atoms with E-state index in [1.165, 1.54) is 19.2 Å². The van der Waals surface area contributed by atoms with Crippen LogP contribution in [0.1, 0.15) is 30.7 Å². The molecular weight excluding hydrogens is 530 g/mol. The van der Waals surface area contributed by atoms with Crippen molar-refractivity contribution in [2.45, 2.75) is 32.4 Å². The summed E-state index contributed by atoms with van der Waals surface area (Å²) in [7, 11) is -4.94. The van der Waals surface area contributed by atoms with Gasteiger partial charge in [-0.3, -0.25) is 19.6 Å². The van der Waals surface area contributed by atoms with Crippen LogP contribution in [0.15, 0.2) is 28.7 Å². The van der Waals surface area contributed by atoms with Gasteiger partial charge in [-0.05, 0) is 44.5 Å². The van der Waals surface area contributed by atoms with E-state index in [1.807, 2.05) is 0 Å². The Kier molecular flexibility index (Phi) is 8.01. The molecule has 3 rings (SSSR count). The number of amides is 2. The monoisotopic (exact) mass is 555 g/mol. The number of β-lactam (4-membered cyclic amide) rings is 1. The molecule has 2 aromatic rings. The Hall–Kier alpha value is -3.80. The molecule has 1 atom stereocenters. The normalized spacial score (nSPS) is 17.2. The number of rotatable bonds is 11. The van der Waals surface area contributed by atoms with Crippen molar-refractivity contribution in [3.05, 3.63) is 40.4 Å². The van der Waals surface area contributed by atoms with Crippen molar-refractivity contribution in [2.75, 3.05) is 18.9 Å². The molecule has 15 nitrogen and oxygen atoms in total. The summed E-state index contributed by atoms with van der Waals surface area (Å²) in [5.41, 5.74) is 11.0. The molecule has 7 N–H and O–H groups in total. The Morgan fingerprint density at radius 3 is 2.62 bits per heavy atom. The molecule has 17 heteroatoms. The smallest absolute Gasteiger partial charge is 0.418 e. The fraction of sp³-hybridized carbons (Fsp3) is 0.350. The van der Waals surface area contributed by atoms with Crippen LogP contribution in [0.2, 0.25) is 0 Å². The van der Waals surface area contributed by atoms with E-state index < -0.39 is 33.8 Å². The second-order valence-corrected chi connectivity index (χ2v) is 10.2. The van der Waals surface area contributed by atoms with Crippen LogP contribution in [0.4, 0.5) is 5.13 Å². The maximum Gasteiger partial charge on any atom is 0.418 e. The number of anilines is 1. The molecule has 1 aromatic heterocycles. The number of benzene rings is 1. The first-order valence-corrected chi connectivity index (χ1v) is 12.8. The molecule has 0 spiro atoms. The predicted octanol–water partition coefficient (Wildman–Crippen LogP) is -0.0425. The van der Waals surface area contributed by atoms with Crippen molar-refractivity contribution < 1.29 is 36.4 Å². The van der Waals surface area contributed by atoms with E-state index in [9.17, 15) is 18.0 Å². The Bertz CT molecular complexity index is 1360. The average Bonchev–Trinajstić information content (AvgIpc) is 3.22. The molecule has 0 unspecified atom stereocenters. The van der Waals surface area contributed by atoms with Crippen LogP contribution in [0.3, 0.4) is 0 Å². The minimum Gasteiger partial charge on any atom is -0.490 e. The minimum absolute atomic E-state index is 0.0548. The molecule has 200 valence electrons. The lowest BCUT2D eigenvalue weighted by Crippen LogP contribution is -2.76. The number of thiazole rings is 1. The van der Waals surface area contributed by atoms with E-state index in [4.69, 9.17) is 31.0 Å². The molecule has 0 saturated carbocycles. The van der Waals surface area contributed by atoms with Crippen molar-refractivity contribution in [2.24, 2.45) is 10.9 Å². The van der Waals surface area contributed by atoms with Gasteiger partial charge in [0.1, 0.15) is 29.9 Å². The molecule has 1 saturated heterocycles. The van der Waals surface area contributed by atoms with Gasteiger partial charge in [0.05, 0.1) is 5.54 Å². The number of carbonyl (C=O) groups is 2. The van der Waals surface area contributed by atoms with E-state index in [2.05, 4.69) is 19.7 Å². The number of oxime groups is 1. The highest BCUT2D eigenvalue weighted by Crippen LogP contribution is 2.33. The second-order valence-electron chi connectivity index (χ2n) is 8.28. The van der Waals surface area contributed by atoms with E-state index in [0.29, 0.717) is 16.4 Å². The molecule has 0 bridgehead atoms. The molecule has 1 aliphatic heterocycles. The SMILES string of the molecule is Cc1cc(OCCO/N=C(\C(=O)N[C@@H]2C(=O)N(OS(=O)(=O)O)C2(C)C)c2csc(N)n2)ccc1C(=N)N. The molecule has 1 aliphatic rings. The molecule has 0 aliphatic carbocycles. The Morgan fingerprint density at radius 1 is 1.38 bits per heavy atom. The fourth-order valence-corrected chi connectivity index (χ4v) is 4.36. The van der Waals surface area contributed by atoms with Gasteiger partial charge in [-0.1, -0.05) is 5.16 Å². The van der Waals surface area contributed by atoms with Gasteiger partial charge in [0, 0.05) is 10.9 Å². The number of hydroxylamine groups is 2. The number of ether oxygens (including phenoxy) is 1. The summed E-state index contributed by atoms with van der Waals surface area (Å²) in [5, 5.41) is 15.8. The van der Waals surface area contributed by atoms with Crippen molar-refractivity contribution in [3.63, 3.8) is 0 Å². The minimum atomic E-state index is -4.94. The Labute approximate surface area is 215 Å². The van der Waals surface area contributed by atoms with Crippen LogP contribution in [0, 0.1) is 12.3 Å². The number of nitrogens with zero attached hydrogens (tertiary/aromatic N) is 3. The first kappa shape index (κ1) is 27.8. The summed E-state index contributed by atoms with van der Waals surface area (Å²) < 4.78 is 40.7. The van der Waals surface area contributed by atoms with Crippen molar-refractivity contribution in [1.82, 2.24) is 15.4 Å². The summed E-state index contributed by atoms with van der Waals surface area (Å²) in [6, 6.07) is 3.82. The third-order valence-corrected chi connectivity index (χ3v) is 6.20. The predicted molar refractivity (Wildman–Crippen MR) is 132 cm³/mol. The van der Waals surface area contributed by atoms with E-state index in [0.717, 1.165) is 16.9 Å². The number of carbonyl (C=O) groups excluding carboxylic acids is 2. The van der Waals surface area contributed by atoms with Gasteiger partial charge in [0.2, 0.25) is 0 Å². The van der Waals surface area contributed by atoms with Gasteiger partial charge < -0.3 is 26.4 Å². The fourth-order valence-electron chi connectivity index (χ4n) is 3.36. The van der Waals surface area contributed by atoms with Gasteiger partial charge in [-0.2, -0.15) is 13.5 Å². The zero-order valence-electron chi connectivity index (χ0n) is 19.9. The van der Waals surface area contributed by atoms with Crippen molar-refractivity contribution in [3.8, 4) is 5.75 Å². The summed E-state index contributed by atoms with van der Waals surface area (Å²) in [4.78, 5) is 34.5. The lowest BCUT2D eigenvalue weighted by atomic mass is 9.84. The molecule has 0 radical (unpaired) electrons. The second kappa shape index (κ2) is 10.7. The van der Waals surface area contributed by atoms with Crippen LogP contribution in [-0.2, 0) is 29.1 Å². The van der Waals surface area contributed by atoms with E-state index >= 15 is 0 Å². The summed E-state index contributed by atoms with van der Waals surface area (Å²) >= 11 is 1.05. The van der Waals surface area contributed by atoms with Gasteiger partial charge in [-0.15, -0.1) is 15.6 Å². The van der Waals surface area contributed by atoms with E-state index in [-0.39, 0.29) is 35.6 Å². The maximum absolute atomic E-state index is 13.0. The highest BCUT2D eigenvalue weighted by Gasteiger charge is 2.58. The molecule has 1 fully saturated rings. The largest absolute Gasteiger partial charge is 0.490 e. The zero-order chi connectivity index (χ0) is 27.5. The third-order valence-electron chi connectivity index (χ3n) is 5.19. The van der Waals surface area contributed by atoms with Gasteiger partial charge in [0.25, 0.3) is 11.8 Å². The Morgan fingerprint density at radius 2 is 2.08 bits per heavy atom. The molecule has 2 heterocycles. The number of hydrogen-bond donors (Lipinski definition) is 5. The lowest BCUT2D eigenvalue weighted by molar-refractivity contribution is -0.218. The van der Waals surface area contributed by atoms with Crippen LogP contribution in [0.25, 0.3) is 0 Å². The lowest BCUT2D eigenvalue weighted by Gasteiger charge is -2.50. The number of amidine groups is 1. The van der Waals surface area contributed by atoms with Crippen LogP contribution < -0.4 is 21.5 Å². The first-order valence-electron chi connectivity index (χ1n) is 10.5. The number of nitrogens with two attached hydrogens (primary N) is 2. The van der Waals surface area contributed by atoms with Crippen molar-refractivity contribution >= 4 is 50.2 Å². The average molecular weight is 556 g/mol. The van der Waals surface area contributed by atoms with Crippen LogP contribution in [-0.4, -0.2) is 71.2 Å². The van der Waals surface area contributed by atoms with Crippen LogP contribution in [0.5, 0.6) is 5.75 Å². The highest BCUT2D eigenvalue weighted by atomic mass is 32.3. The van der Waals surface area contributed by atoms with Gasteiger partial charge >= 0.3 is 10.4 Å². The van der Waals surface area contributed by atoms with Gasteiger partial charge in [-0.25, -0.2) is 4.98 Å². The first-order chi connectivity index (χ1) is 17.2. The Balaban J connectivity index is 1.65. The highest BCUT2D eigenvalue weighted by molar-refractivity contribution is 7.80. The van der Waals surface area contributed by atoms with E-state index in [1.54, 1.807) is 25.1 Å². The quantitative estimate of drug-likeness (QED) is 0.0616. The summed E-state index contributed by atoms with van der Waals surface area (Å²) in [5.74, 6) is -1.29. The maximum atomic E-state index is 13.0. The molecule has 2 amide bonds. The summed E-state index contributed by atoms with van der Waals surface area (Å²) in [6.45, 7) is 4.62.